The molecule has 0 aromatic carbocycles. The Bertz CT molecular complexity index is 537. The van der Waals surface area contributed by atoms with Gasteiger partial charge in [-0.3, -0.25) is 4.98 Å². The van der Waals surface area contributed by atoms with Crippen LogP contribution in [-0.2, 0) is 6.54 Å². The van der Waals surface area contributed by atoms with Crippen molar-refractivity contribution < 1.29 is 9.84 Å². The van der Waals surface area contributed by atoms with Crippen LogP contribution in [0.5, 0.6) is 5.75 Å². The average molecular weight is 248 g/mol. The molecule has 1 atom stereocenters. The number of nitrogens with zero attached hydrogens (tertiary/aromatic N) is 4. The van der Waals surface area contributed by atoms with E-state index in [1.54, 1.807) is 24.9 Å². The van der Waals surface area contributed by atoms with Gasteiger partial charge in [0.25, 0.3) is 0 Å². The minimum absolute atomic E-state index is 0.498. The summed E-state index contributed by atoms with van der Waals surface area (Å²) < 4.78 is 6.83. The third-order valence-corrected chi connectivity index (χ3v) is 2.52. The fourth-order valence-corrected chi connectivity index (χ4v) is 1.65. The third kappa shape index (κ3) is 2.84. The fourth-order valence-electron chi connectivity index (χ4n) is 1.65. The molecule has 1 unspecified atom stereocenters. The minimum Gasteiger partial charge on any atom is -0.497 e. The summed E-state index contributed by atoms with van der Waals surface area (Å²) in [5.74, 6) is 0.772. The van der Waals surface area contributed by atoms with Crippen LogP contribution in [0.25, 0.3) is 0 Å². The van der Waals surface area contributed by atoms with Crippen molar-refractivity contribution in [3.63, 3.8) is 0 Å². The lowest BCUT2D eigenvalue weighted by Crippen LogP contribution is -2.04. The number of pyridine rings is 1. The van der Waals surface area contributed by atoms with Gasteiger partial charge in [-0.05, 0) is 13.8 Å². The number of aromatic nitrogens is 4. The van der Waals surface area contributed by atoms with E-state index in [1.165, 1.54) is 0 Å². The second kappa shape index (κ2) is 5.14. The van der Waals surface area contributed by atoms with Crippen LogP contribution >= 0.6 is 0 Å². The van der Waals surface area contributed by atoms with Crippen molar-refractivity contribution in [3.05, 3.63) is 35.4 Å². The predicted molar refractivity (Wildman–Crippen MR) is 65.3 cm³/mol. The molecule has 2 aromatic heterocycles. The smallest absolute Gasteiger partial charge is 0.122 e. The summed E-state index contributed by atoms with van der Waals surface area (Å²) in [6.45, 7) is 4.06. The van der Waals surface area contributed by atoms with Crippen molar-refractivity contribution in [1.29, 1.82) is 0 Å². The van der Waals surface area contributed by atoms with Gasteiger partial charge >= 0.3 is 0 Å². The van der Waals surface area contributed by atoms with E-state index in [9.17, 15) is 5.11 Å². The quantitative estimate of drug-likeness (QED) is 0.876. The van der Waals surface area contributed by atoms with E-state index in [0.717, 1.165) is 17.1 Å². The highest BCUT2D eigenvalue weighted by molar-refractivity contribution is 5.26. The molecule has 0 bridgehead atoms. The first-order chi connectivity index (χ1) is 8.58. The molecule has 0 spiro atoms. The highest BCUT2D eigenvalue weighted by Crippen LogP contribution is 2.14. The molecule has 0 aliphatic carbocycles. The Balaban J connectivity index is 2.19. The molecule has 0 saturated heterocycles. The van der Waals surface area contributed by atoms with Crippen molar-refractivity contribution in [3.8, 4) is 5.75 Å². The highest BCUT2D eigenvalue weighted by Gasteiger charge is 2.08. The average Bonchev–Trinajstić information content (AvgIpc) is 2.76. The second-order valence-corrected chi connectivity index (χ2v) is 4.16. The SMILES string of the molecule is COc1cc(C)nc(Cn2cc(C(C)O)nn2)c1. The minimum atomic E-state index is -0.612. The number of methoxy groups -OCH3 is 1. The molecule has 0 saturated carbocycles. The van der Waals surface area contributed by atoms with Gasteiger partial charge in [0.05, 0.1) is 31.6 Å². The van der Waals surface area contributed by atoms with E-state index >= 15 is 0 Å². The Morgan fingerprint density at radius 2 is 2.22 bits per heavy atom. The maximum absolute atomic E-state index is 9.38. The maximum Gasteiger partial charge on any atom is 0.122 e. The molecular weight excluding hydrogens is 232 g/mol. The van der Waals surface area contributed by atoms with Gasteiger partial charge in [0.2, 0.25) is 0 Å². The molecule has 6 nitrogen and oxygen atoms in total. The molecule has 18 heavy (non-hydrogen) atoms. The van der Waals surface area contributed by atoms with E-state index < -0.39 is 6.10 Å². The van der Waals surface area contributed by atoms with Crippen LogP contribution in [-0.4, -0.2) is 32.2 Å². The zero-order chi connectivity index (χ0) is 13.1. The topological polar surface area (TPSA) is 73.1 Å². The van der Waals surface area contributed by atoms with Crippen LogP contribution in [0.1, 0.15) is 30.1 Å². The lowest BCUT2D eigenvalue weighted by atomic mass is 10.3. The molecule has 0 radical (unpaired) electrons. The van der Waals surface area contributed by atoms with Gasteiger partial charge < -0.3 is 9.84 Å². The number of rotatable bonds is 4. The molecule has 2 aromatic rings. The molecule has 0 fully saturated rings. The lowest BCUT2D eigenvalue weighted by molar-refractivity contribution is 0.194. The lowest BCUT2D eigenvalue weighted by Gasteiger charge is -2.05. The molecule has 0 aliphatic heterocycles. The standard InChI is InChI=1S/C12H16N4O2/c1-8-4-11(18-3)5-10(13-8)6-16-7-12(9(2)17)14-15-16/h4-5,7,9,17H,6H2,1-3H3. The van der Waals surface area contributed by atoms with E-state index in [4.69, 9.17) is 4.74 Å². The van der Waals surface area contributed by atoms with E-state index in [1.807, 2.05) is 19.1 Å². The Morgan fingerprint density at radius 3 is 2.83 bits per heavy atom. The molecule has 6 heteroatoms. The Labute approximate surface area is 105 Å². The van der Waals surface area contributed by atoms with Crippen molar-refractivity contribution in [2.45, 2.75) is 26.5 Å². The van der Waals surface area contributed by atoms with Gasteiger partial charge in [0, 0.05) is 17.8 Å². The summed E-state index contributed by atoms with van der Waals surface area (Å²) in [5, 5.41) is 17.2. The van der Waals surface area contributed by atoms with Crippen LogP contribution in [0.2, 0.25) is 0 Å². The number of hydrogen-bond acceptors (Lipinski definition) is 5. The maximum atomic E-state index is 9.38. The number of hydrogen-bond donors (Lipinski definition) is 1. The first-order valence-corrected chi connectivity index (χ1v) is 5.68. The number of aliphatic hydroxyl groups is 1. The second-order valence-electron chi connectivity index (χ2n) is 4.16. The summed E-state index contributed by atoms with van der Waals surface area (Å²) >= 11 is 0. The van der Waals surface area contributed by atoms with Crippen LogP contribution in [0, 0.1) is 6.92 Å². The predicted octanol–water partition coefficient (Wildman–Crippen LogP) is 1.09. The Hall–Kier alpha value is -1.95. The van der Waals surface area contributed by atoms with Crippen molar-refractivity contribution >= 4 is 0 Å². The summed E-state index contributed by atoms with van der Waals surface area (Å²) in [7, 11) is 1.62. The molecule has 96 valence electrons. The Morgan fingerprint density at radius 1 is 1.44 bits per heavy atom. The monoisotopic (exact) mass is 248 g/mol. The Kier molecular flexibility index (Phi) is 3.57. The van der Waals surface area contributed by atoms with Crippen LogP contribution < -0.4 is 4.74 Å². The summed E-state index contributed by atoms with van der Waals surface area (Å²) in [6.07, 6.45) is 1.10. The molecule has 2 rings (SSSR count). The van der Waals surface area contributed by atoms with Crippen LogP contribution in [0.15, 0.2) is 18.3 Å². The van der Waals surface area contributed by atoms with E-state index in [2.05, 4.69) is 15.3 Å². The first kappa shape index (κ1) is 12.5. The van der Waals surface area contributed by atoms with E-state index in [-0.39, 0.29) is 0 Å². The fraction of sp³-hybridized carbons (Fsp3) is 0.417. The molecular formula is C12H16N4O2. The number of aliphatic hydroxyl groups excluding tert-OH is 1. The summed E-state index contributed by atoms with van der Waals surface area (Å²) in [4.78, 5) is 4.40. The van der Waals surface area contributed by atoms with Crippen molar-refractivity contribution in [2.75, 3.05) is 7.11 Å². The van der Waals surface area contributed by atoms with Gasteiger partial charge in [-0.25, -0.2) is 4.68 Å². The van der Waals surface area contributed by atoms with Crippen LogP contribution in [0.4, 0.5) is 0 Å². The molecule has 0 amide bonds. The third-order valence-electron chi connectivity index (χ3n) is 2.52. The van der Waals surface area contributed by atoms with Crippen molar-refractivity contribution in [1.82, 2.24) is 20.0 Å². The zero-order valence-corrected chi connectivity index (χ0v) is 10.7. The highest BCUT2D eigenvalue weighted by atomic mass is 16.5. The van der Waals surface area contributed by atoms with Crippen LogP contribution in [0.3, 0.4) is 0 Å². The summed E-state index contributed by atoms with van der Waals surface area (Å²) in [6, 6.07) is 3.72. The van der Waals surface area contributed by atoms with Gasteiger partial charge in [-0.1, -0.05) is 5.21 Å². The van der Waals surface area contributed by atoms with Gasteiger partial charge in [0.1, 0.15) is 11.4 Å². The first-order valence-electron chi connectivity index (χ1n) is 5.68. The van der Waals surface area contributed by atoms with Gasteiger partial charge in [-0.2, -0.15) is 0 Å². The number of aryl methyl sites for hydroxylation is 1. The molecule has 0 aliphatic rings. The van der Waals surface area contributed by atoms with Gasteiger partial charge in [-0.15, -0.1) is 5.10 Å². The van der Waals surface area contributed by atoms with Crippen molar-refractivity contribution in [2.24, 2.45) is 0 Å². The molecule has 1 N–H and O–H groups in total. The van der Waals surface area contributed by atoms with E-state index in [0.29, 0.717) is 12.2 Å². The molecule has 2 heterocycles. The zero-order valence-electron chi connectivity index (χ0n) is 10.7. The number of ether oxygens (including phenoxy) is 1. The largest absolute Gasteiger partial charge is 0.497 e. The summed E-state index contributed by atoms with van der Waals surface area (Å²) in [5.41, 5.74) is 2.28. The van der Waals surface area contributed by atoms with Gasteiger partial charge in [0.15, 0.2) is 0 Å². The normalized spacial score (nSPS) is 12.4.